The summed E-state index contributed by atoms with van der Waals surface area (Å²) < 4.78 is 0. The maximum Gasteiger partial charge on any atom is 0.200 e. The molecule has 0 saturated carbocycles. The number of amidine groups is 1. The quantitative estimate of drug-likeness (QED) is 0.237. The second-order valence-electron chi connectivity index (χ2n) is 1.36. The third kappa shape index (κ3) is 1.69. The average molecular weight is 139 g/mol. The second-order valence-corrected chi connectivity index (χ2v) is 1.36. The van der Waals surface area contributed by atoms with Crippen LogP contribution < -0.4 is 5.73 Å². The van der Waals surface area contributed by atoms with Gasteiger partial charge in [0.2, 0.25) is 0 Å². The van der Waals surface area contributed by atoms with Gasteiger partial charge in [-0.2, -0.15) is 5.11 Å². The molecule has 1 aliphatic heterocycles. The zero-order valence-electron chi connectivity index (χ0n) is 5.05. The number of nitrogens with zero attached hydrogens (tertiary/aromatic N) is 6. The van der Waals surface area contributed by atoms with E-state index in [9.17, 15) is 0 Å². The molecular weight excluding hydrogens is 134 g/mol. The van der Waals surface area contributed by atoms with Crippen molar-refractivity contribution in [2.45, 2.75) is 0 Å². The van der Waals surface area contributed by atoms with Crippen LogP contribution in [0.1, 0.15) is 0 Å². The molecule has 0 unspecified atom stereocenters. The van der Waals surface area contributed by atoms with Crippen LogP contribution in [0.25, 0.3) is 0 Å². The minimum absolute atomic E-state index is 0.365. The van der Waals surface area contributed by atoms with Crippen LogP contribution in [0.2, 0.25) is 0 Å². The fraction of sp³-hybridized carbons (Fsp3) is 0.333. The van der Waals surface area contributed by atoms with Crippen LogP contribution in [0.5, 0.6) is 0 Å². The second kappa shape index (κ2) is 3.38. The van der Waals surface area contributed by atoms with Crippen LogP contribution in [0.4, 0.5) is 0 Å². The van der Waals surface area contributed by atoms with Gasteiger partial charge in [0.25, 0.3) is 0 Å². The standard InChI is InChI=1S/C3H5N7/c4-2-6-10-8-3-1-5-9-7-3/h2H,1H2,(H2,4,5,6,7,8). The lowest BCUT2D eigenvalue weighted by molar-refractivity contribution is 1.06. The van der Waals surface area contributed by atoms with E-state index in [0.29, 0.717) is 12.4 Å². The highest BCUT2D eigenvalue weighted by Gasteiger charge is 1.99. The van der Waals surface area contributed by atoms with Crippen LogP contribution >= 0.6 is 0 Å². The highest BCUT2D eigenvalue weighted by atomic mass is 15.5. The summed E-state index contributed by atoms with van der Waals surface area (Å²) in [6.07, 6.45) is 1.04. The summed E-state index contributed by atoms with van der Waals surface area (Å²) in [4.78, 5) is 0. The molecule has 0 bridgehead atoms. The van der Waals surface area contributed by atoms with E-state index in [4.69, 9.17) is 5.73 Å². The molecule has 7 heteroatoms. The molecule has 0 aromatic rings. The van der Waals surface area contributed by atoms with E-state index in [1.54, 1.807) is 0 Å². The van der Waals surface area contributed by atoms with E-state index in [0.717, 1.165) is 6.34 Å². The van der Waals surface area contributed by atoms with Gasteiger partial charge in [-0.15, -0.1) is 15.3 Å². The number of hydrogen-bond acceptors (Lipinski definition) is 5. The Labute approximate surface area is 56.4 Å². The molecule has 7 nitrogen and oxygen atoms in total. The lowest BCUT2D eigenvalue weighted by Gasteiger charge is -1.78. The van der Waals surface area contributed by atoms with Crippen LogP contribution in [-0.2, 0) is 0 Å². The van der Waals surface area contributed by atoms with E-state index >= 15 is 0 Å². The first-order valence-electron chi connectivity index (χ1n) is 2.51. The molecule has 0 spiro atoms. The van der Waals surface area contributed by atoms with Crippen molar-refractivity contribution in [3.8, 4) is 0 Å². The van der Waals surface area contributed by atoms with E-state index < -0.39 is 0 Å². The Morgan fingerprint density at radius 1 is 1.60 bits per heavy atom. The van der Waals surface area contributed by atoms with Gasteiger partial charge in [0, 0.05) is 0 Å². The van der Waals surface area contributed by atoms with Gasteiger partial charge in [-0.25, -0.2) is 0 Å². The Bertz CT molecular complexity index is 211. The van der Waals surface area contributed by atoms with Crippen molar-refractivity contribution in [3.05, 3.63) is 0 Å². The van der Waals surface area contributed by atoms with Crippen molar-refractivity contribution in [1.82, 2.24) is 0 Å². The maximum absolute atomic E-state index is 4.88. The van der Waals surface area contributed by atoms with Crippen molar-refractivity contribution in [2.24, 2.45) is 36.6 Å². The molecule has 0 saturated heterocycles. The van der Waals surface area contributed by atoms with E-state index in [-0.39, 0.29) is 0 Å². The summed E-state index contributed by atoms with van der Waals surface area (Å²) in [6, 6.07) is 0. The molecule has 0 fully saturated rings. The average Bonchev–Trinajstić information content (AvgIpc) is 2.41. The summed E-state index contributed by atoms with van der Waals surface area (Å²) in [5, 5.41) is 20.5. The third-order valence-electron chi connectivity index (χ3n) is 0.714. The topological polar surface area (TPSA) is 100 Å². The zero-order chi connectivity index (χ0) is 7.23. The summed E-state index contributed by atoms with van der Waals surface area (Å²) in [6.45, 7) is 0.365. The van der Waals surface area contributed by atoms with Crippen molar-refractivity contribution in [2.75, 3.05) is 6.54 Å². The van der Waals surface area contributed by atoms with Crippen molar-refractivity contribution >= 4 is 12.2 Å². The fourth-order valence-electron chi connectivity index (χ4n) is 0.369. The smallest absolute Gasteiger partial charge is 0.200 e. The largest absolute Gasteiger partial charge is 0.388 e. The van der Waals surface area contributed by atoms with Crippen LogP contribution in [0, 0.1) is 0 Å². The lowest BCUT2D eigenvalue weighted by Crippen LogP contribution is -1.92. The zero-order valence-corrected chi connectivity index (χ0v) is 5.05. The van der Waals surface area contributed by atoms with Gasteiger partial charge < -0.3 is 5.73 Å². The van der Waals surface area contributed by atoms with Gasteiger partial charge in [-0.05, 0) is 10.4 Å². The number of hydrogen-bond donors (Lipinski definition) is 1. The molecule has 10 heavy (non-hydrogen) atoms. The maximum atomic E-state index is 4.88. The summed E-state index contributed by atoms with van der Waals surface area (Å²) in [5.74, 6) is 0.436. The Kier molecular flexibility index (Phi) is 2.18. The first-order chi connectivity index (χ1) is 4.93. The highest BCUT2D eigenvalue weighted by molar-refractivity contribution is 5.85. The molecule has 52 valence electrons. The minimum atomic E-state index is 0.365. The first-order valence-corrected chi connectivity index (χ1v) is 2.51. The summed E-state index contributed by atoms with van der Waals surface area (Å²) >= 11 is 0. The molecule has 0 aromatic heterocycles. The number of rotatable bonds is 1. The van der Waals surface area contributed by atoms with Gasteiger partial charge in [0.15, 0.2) is 5.84 Å². The lowest BCUT2D eigenvalue weighted by atomic mass is 10.6. The Morgan fingerprint density at radius 3 is 3.10 bits per heavy atom. The number of nitrogens with two attached hydrogens (primary N) is 1. The van der Waals surface area contributed by atoms with E-state index in [1.807, 2.05) is 0 Å². The van der Waals surface area contributed by atoms with Crippen molar-refractivity contribution < 1.29 is 0 Å². The summed E-state index contributed by atoms with van der Waals surface area (Å²) in [5.41, 5.74) is 4.88. The predicted molar refractivity (Wildman–Crippen MR) is 34.7 cm³/mol. The fourth-order valence-corrected chi connectivity index (χ4v) is 0.369. The van der Waals surface area contributed by atoms with Crippen molar-refractivity contribution in [3.63, 3.8) is 0 Å². The third-order valence-corrected chi connectivity index (χ3v) is 0.714. The first kappa shape index (κ1) is 6.46. The normalized spacial score (nSPS) is 17.4. The van der Waals surface area contributed by atoms with Crippen molar-refractivity contribution in [1.29, 1.82) is 0 Å². The molecule has 1 aliphatic rings. The van der Waals surface area contributed by atoms with Gasteiger partial charge in [0.05, 0.1) is 0 Å². The van der Waals surface area contributed by atoms with Crippen LogP contribution in [-0.4, -0.2) is 18.7 Å². The Hall–Kier alpha value is -1.66. The molecular formula is C3H5N7. The molecule has 0 aliphatic carbocycles. The van der Waals surface area contributed by atoms with Gasteiger partial charge in [-0.1, -0.05) is 0 Å². The SMILES string of the molecule is N/C=N\N=NC1=NN=NC1. The Balaban J connectivity index is 2.39. The molecule has 0 amide bonds. The van der Waals surface area contributed by atoms with Gasteiger partial charge >= 0.3 is 0 Å². The molecule has 0 radical (unpaired) electrons. The molecule has 0 atom stereocenters. The van der Waals surface area contributed by atoms with E-state index in [1.165, 1.54) is 0 Å². The minimum Gasteiger partial charge on any atom is -0.388 e. The predicted octanol–water partition coefficient (Wildman–Crippen LogP) is 0.120. The molecule has 2 N–H and O–H groups in total. The van der Waals surface area contributed by atoms with Crippen LogP contribution in [0.15, 0.2) is 30.9 Å². The van der Waals surface area contributed by atoms with Gasteiger partial charge in [0.1, 0.15) is 12.9 Å². The van der Waals surface area contributed by atoms with Crippen LogP contribution in [0.3, 0.4) is 0 Å². The molecule has 1 rings (SSSR count). The highest BCUT2D eigenvalue weighted by Crippen LogP contribution is 1.95. The van der Waals surface area contributed by atoms with Gasteiger partial charge in [-0.3, -0.25) is 0 Å². The molecule has 0 aromatic carbocycles. The summed E-state index contributed by atoms with van der Waals surface area (Å²) in [7, 11) is 0. The van der Waals surface area contributed by atoms with E-state index in [2.05, 4.69) is 30.9 Å². The molecule has 1 heterocycles. The Morgan fingerprint density at radius 2 is 2.50 bits per heavy atom. The monoisotopic (exact) mass is 139 g/mol.